The first kappa shape index (κ1) is 9.15. The topological polar surface area (TPSA) is 43.4 Å². The predicted octanol–water partition coefficient (Wildman–Crippen LogP) is 1.57. The largest absolute Gasteiger partial charge is 0.465 e. The van der Waals surface area contributed by atoms with Crippen LogP contribution in [0.5, 0.6) is 0 Å². The van der Waals surface area contributed by atoms with Gasteiger partial charge >= 0.3 is 5.97 Å². The maximum atomic E-state index is 11.3. The normalized spacial score (nSPS) is 17.9. The Kier molecular flexibility index (Phi) is 2.21. The summed E-state index contributed by atoms with van der Waals surface area (Å²) in [6.07, 6.45) is 1.75. The van der Waals surface area contributed by atoms with E-state index in [1.807, 2.05) is 0 Å². The second kappa shape index (κ2) is 3.38. The van der Waals surface area contributed by atoms with Gasteiger partial charge in [0.2, 0.25) is 0 Å². The summed E-state index contributed by atoms with van der Waals surface area (Å²) in [6, 6.07) is 5.00. The SMILES string of the molecule is COC(=O)c1ccc2c(c1)C=CS2=O. The number of esters is 1. The summed E-state index contributed by atoms with van der Waals surface area (Å²) in [4.78, 5) is 11.9. The first-order valence-electron chi connectivity index (χ1n) is 4.03. The van der Waals surface area contributed by atoms with Crippen molar-refractivity contribution in [3.63, 3.8) is 0 Å². The zero-order chi connectivity index (χ0) is 10.1. The molecule has 0 N–H and O–H groups in total. The Morgan fingerprint density at radius 1 is 1.43 bits per heavy atom. The van der Waals surface area contributed by atoms with Gasteiger partial charge in [0.15, 0.2) is 0 Å². The smallest absolute Gasteiger partial charge is 0.337 e. The monoisotopic (exact) mass is 208 g/mol. The lowest BCUT2D eigenvalue weighted by Gasteiger charge is -2.01. The molecule has 1 unspecified atom stereocenters. The molecule has 0 fully saturated rings. The molecule has 0 amide bonds. The molecule has 0 aromatic heterocycles. The average molecular weight is 208 g/mol. The van der Waals surface area contributed by atoms with Gasteiger partial charge in [-0.3, -0.25) is 0 Å². The van der Waals surface area contributed by atoms with Crippen LogP contribution < -0.4 is 0 Å². The maximum absolute atomic E-state index is 11.3. The standard InChI is InChI=1S/C10H8O3S/c1-13-10(11)8-2-3-9-7(6-8)4-5-14(9)12/h2-6H,1H3. The van der Waals surface area contributed by atoms with Crippen LogP contribution in [0.1, 0.15) is 15.9 Å². The number of rotatable bonds is 1. The number of hydrogen-bond donors (Lipinski definition) is 0. The van der Waals surface area contributed by atoms with Crippen LogP contribution in [0.2, 0.25) is 0 Å². The minimum Gasteiger partial charge on any atom is -0.465 e. The van der Waals surface area contributed by atoms with Gasteiger partial charge in [-0.05, 0) is 29.8 Å². The molecule has 3 nitrogen and oxygen atoms in total. The Morgan fingerprint density at radius 2 is 2.21 bits per heavy atom. The quantitative estimate of drug-likeness (QED) is 0.658. The molecule has 1 aliphatic heterocycles. The molecule has 0 radical (unpaired) electrons. The van der Waals surface area contributed by atoms with Gasteiger partial charge in [0.25, 0.3) is 0 Å². The molecule has 0 spiro atoms. The Morgan fingerprint density at radius 3 is 2.93 bits per heavy atom. The molecular weight excluding hydrogens is 200 g/mol. The number of benzene rings is 1. The van der Waals surface area contributed by atoms with Crippen molar-refractivity contribution in [3.8, 4) is 0 Å². The van der Waals surface area contributed by atoms with Gasteiger partial charge in [0.05, 0.1) is 28.4 Å². The van der Waals surface area contributed by atoms with E-state index in [1.54, 1.807) is 29.7 Å². The zero-order valence-corrected chi connectivity index (χ0v) is 8.34. The molecule has 0 bridgehead atoms. The molecule has 0 aliphatic carbocycles. The minimum atomic E-state index is -1.05. The number of ether oxygens (including phenoxy) is 1. The Balaban J connectivity index is 2.47. The summed E-state index contributed by atoms with van der Waals surface area (Å²) >= 11 is 0. The Hall–Kier alpha value is -1.42. The minimum absolute atomic E-state index is 0.376. The number of carbonyl (C=O) groups excluding carboxylic acids is 1. The number of hydrogen-bond acceptors (Lipinski definition) is 3. The molecule has 1 aliphatic rings. The molecule has 0 saturated heterocycles. The predicted molar refractivity (Wildman–Crippen MR) is 53.2 cm³/mol. The van der Waals surface area contributed by atoms with Crippen LogP contribution in [0.25, 0.3) is 6.08 Å². The summed E-state index contributed by atoms with van der Waals surface area (Å²) in [5.74, 6) is -0.376. The lowest BCUT2D eigenvalue weighted by Crippen LogP contribution is -2.01. The fourth-order valence-electron chi connectivity index (χ4n) is 1.32. The van der Waals surface area contributed by atoms with E-state index in [-0.39, 0.29) is 5.97 Å². The molecule has 0 saturated carbocycles. The summed E-state index contributed by atoms with van der Waals surface area (Å²) in [6.45, 7) is 0. The van der Waals surface area contributed by atoms with E-state index in [0.717, 1.165) is 10.5 Å². The first-order chi connectivity index (χ1) is 6.72. The highest BCUT2D eigenvalue weighted by atomic mass is 32.2. The number of fused-ring (bicyclic) bond motifs is 1. The van der Waals surface area contributed by atoms with Gasteiger partial charge in [-0.25, -0.2) is 9.00 Å². The number of methoxy groups -OCH3 is 1. The van der Waals surface area contributed by atoms with Crippen LogP contribution >= 0.6 is 0 Å². The third-order valence-corrected chi connectivity index (χ3v) is 3.21. The van der Waals surface area contributed by atoms with Gasteiger partial charge in [-0.15, -0.1) is 0 Å². The summed E-state index contributed by atoms with van der Waals surface area (Å²) in [5.41, 5.74) is 1.31. The molecule has 4 heteroatoms. The van der Waals surface area contributed by atoms with Crippen molar-refractivity contribution in [2.45, 2.75) is 4.90 Å². The fourth-order valence-corrected chi connectivity index (χ4v) is 2.29. The highest BCUT2D eigenvalue weighted by molar-refractivity contribution is 7.88. The van der Waals surface area contributed by atoms with Crippen molar-refractivity contribution < 1.29 is 13.7 Å². The Bertz CT molecular complexity index is 449. The summed E-state index contributed by atoms with van der Waals surface area (Å²) in [7, 11) is 0.283. The lowest BCUT2D eigenvalue weighted by molar-refractivity contribution is 0.0600. The van der Waals surface area contributed by atoms with E-state index in [2.05, 4.69) is 4.74 Å². The fraction of sp³-hybridized carbons (Fsp3) is 0.100. The van der Waals surface area contributed by atoms with E-state index in [0.29, 0.717) is 5.56 Å². The maximum Gasteiger partial charge on any atom is 0.337 e. The molecule has 14 heavy (non-hydrogen) atoms. The van der Waals surface area contributed by atoms with Gasteiger partial charge in [-0.1, -0.05) is 0 Å². The lowest BCUT2D eigenvalue weighted by atomic mass is 10.1. The van der Waals surface area contributed by atoms with Crippen molar-refractivity contribution in [2.75, 3.05) is 7.11 Å². The second-order valence-electron chi connectivity index (χ2n) is 2.84. The van der Waals surface area contributed by atoms with Gasteiger partial charge in [0, 0.05) is 5.41 Å². The van der Waals surface area contributed by atoms with Crippen LogP contribution in [0.15, 0.2) is 28.5 Å². The highest BCUT2D eigenvalue weighted by Crippen LogP contribution is 2.24. The van der Waals surface area contributed by atoms with Gasteiger partial charge in [0.1, 0.15) is 0 Å². The van der Waals surface area contributed by atoms with Crippen molar-refractivity contribution in [2.24, 2.45) is 0 Å². The summed E-state index contributed by atoms with van der Waals surface area (Å²) < 4.78 is 15.9. The second-order valence-corrected chi connectivity index (χ2v) is 4.15. The Labute approximate surface area is 83.8 Å². The van der Waals surface area contributed by atoms with Crippen molar-refractivity contribution in [1.82, 2.24) is 0 Å². The molecule has 1 aromatic rings. The molecule has 72 valence electrons. The average Bonchev–Trinajstić information content (AvgIpc) is 2.59. The van der Waals surface area contributed by atoms with Crippen molar-refractivity contribution in [3.05, 3.63) is 34.7 Å². The van der Waals surface area contributed by atoms with Crippen molar-refractivity contribution >= 4 is 22.8 Å². The van der Waals surface area contributed by atoms with Crippen molar-refractivity contribution in [1.29, 1.82) is 0 Å². The van der Waals surface area contributed by atoms with Crippen LogP contribution in [0.4, 0.5) is 0 Å². The van der Waals surface area contributed by atoms with Crippen LogP contribution in [-0.4, -0.2) is 17.3 Å². The van der Waals surface area contributed by atoms with E-state index in [9.17, 15) is 9.00 Å². The van der Waals surface area contributed by atoms with Gasteiger partial charge in [-0.2, -0.15) is 0 Å². The third-order valence-electron chi connectivity index (χ3n) is 2.02. The zero-order valence-electron chi connectivity index (χ0n) is 7.52. The molecular formula is C10H8O3S. The molecule has 1 heterocycles. The van der Waals surface area contributed by atoms with E-state index < -0.39 is 10.8 Å². The molecule has 1 aromatic carbocycles. The van der Waals surface area contributed by atoms with Crippen LogP contribution in [-0.2, 0) is 15.5 Å². The van der Waals surface area contributed by atoms with Gasteiger partial charge < -0.3 is 4.74 Å². The molecule has 1 atom stereocenters. The van der Waals surface area contributed by atoms with E-state index >= 15 is 0 Å². The van der Waals surface area contributed by atoms with E-state index in [4.69, 9.17) is 0 Å². The first-order valence-corrected chi connectivity index (χ1v) is 5.25. The summed E-state index contributed by atoms with van der Waals surface area (Å²) in [5, 5.41) is 1.60. The van der Waals surface area contributed by atoms with Crippen LogP contribution in [0.3, 0.4) is 0 Å². The molecule has 2 rings (SSSR count). The third kappa shape index (κ3) is 1.37. The van der Waals surface area contributed by atoms with E-state index in [1.165, 1.54) is 7.11 Å². The highest BCUT2D eigenvalue weighted by Gasteiger charge is 2.14. The number of carbonyl (C=O) groups is 1. The van der Waals surface area contributed by atoms with Crippen LogP contribution in [0, 0.1) is 0 Å².